The molecule has 5 nitrogen and oxygen atoms in total. The van der Waals surface area contributed by atoms with E-state index in [1.807, 2.05) is 32.0 Å². The van der Waals surface area contributed by atoms with Gasteiger partial charge in [-0.05, 0) is 25.5 Å². The van der Waals surface area contributed by atoms with Crippen LogP contribution in [0.25, 0.3) is 0 Å². The van der Waals surface area contributed by atoms with Gasteiger partial charge in [0, 0.05) is 25.2 Å². The highest BCUT2D eigenvalue weighted by atomic mass is 16.4. The summed E-state index contributed by atoms with van der Waals surface area (Å²) in [6, 6.07) is 4.86. The molecule has 1 aromatic rings. The number of hydrogen-bond acceptors (Lipinski definition) is 3. The lowest BCUT2D eigenvalue weighted by Gasteiger charge is -2.33. The fraction of sp³-hybridized carbons (Fsp3) is 0.429. The van der Waals surface area contributed by atoms with Crippen LogP contribution in [0.1, 0.15) is 21.5 Å². The number of carbonyl (C=O) groups excluding carboxylic acids is 1. The number of nitrogens with one attached hydrogen (secondary N) is 1. The maximum Gasteiger partial charge on any atom is 0.327 e. The Labute approximate surface area is 112 Å². The Hall–Kier alpha value is -1.88. The Morgan fingerprint density at radius 1 is 1.37 bits per heavy atom. The number of amides is 1. The van der Waals surface area contributed by atoms with Crippen LogP contribution in [0.5, 0.6) is 0 Å². The quantitative estimate of drug-likeness (QED) is 0.827. The van der Waals surface area contributed by atoms with E-state index in [2.05, 4.69) is 5.32 Å². The van der Waals surface area contributed by atoms with Crippen molar-refractivity contribution in [2.75, 3.05) is 19.6 Å². The Morgan fingerprint density at radius 3 is 2.79 bits per heavy atom. The number of piperazine rings is 1. The van der Waals surface area contributed by atoms with Crippen molar-refractivity contribution in [2.24, 2.45) is 0 Å². The van der Waals surface area contributed by atoms with Crippen molar-refractivity contribution in [3.63, 3.8) is 0 Å². The third kappa shape index (κ3) is 2.76. The second kappa shape index (κ2) is 5.40. The molecule has 1 saturated heterocycles. The summed E-state index contributed by atoms with van der Waals surface area (Å²) < 4.78 is 0. The van der Waals surface area contributed by atoms with Crippen LogP contribution in [0.15, 0.2) is 18.2 Å². The van der Waals surface area contributed by atoms with E-state index in [0.717, 1.165) is 11.1 Å². The molecule has 1 fully saturated rings. The van der Waals surface area contributed by atoms with Gasteiger partial charge in [0.15, 0.2) is 0 Å². The highest BCUT2D eigenvalue weighted by Crippen LogP contribution is 2.16. The zero-order valence-electron chi connectivity index (χ0n) is 11.1. The average molecular weight is 262 g/mol. The molecule has 5 heteroatoms. The average Bonchev–Trinajstić information content (AvgIpc) is 2.40. The number of rotatable bonds is 2. The molecular weight excluding hydrogens is 244 g/mol. The van der Waals surface area contributed by atoms with Crippen molar-refractivity contribution < 1.29 is 14.7 Å². The number of hydrogen-bond donors (Lipinski definition) is 2. The third-order valence-corrected chi connectivity index (χ3v) is 3.41. The molecule has 19 heavy (non-hydrogen) atoms. The van der Waals surface area contributed by atoms with Gasteiger partial charge in [-0.2, -0.15) is 0 Å². The van der Waals surface area contributed by atoms with Gasteiger partial charge in [-0.25, -0.2) is 4.79 Å². The van der Waals surface area contributed by atoms with Crippen LogP contribution in [-0.4, -0.2) is 47.6 Å². The second-order valence-electron chi connectivity index (χ2n) is 4.88. The zero-order chi connectivity index (χ0) is 14.0. The molecule has 1 aromatic carbocycles. The van der Waals surface area contributed by atoms with Crippen LogP contribution in [-0.2, 0) is 4.79 Å². The van der Waals surface area contributed by atoms with Crippen LogP contribution in [0, 0.1) is 13.8 Å². The summed E-state index contributed by atoms with van der Waals surface area (Å²) in [5.41, 5.74) is 2.46. The number of aryl methyl sites for hydroxylation is 2. The maximum absolute atomic E-state index is 12.5. The predicted octanol–water partition coefficient (Wildman–Crippen LogP) is 0.802. The molecule has 1 heterocycles. The maximum atomic E-state index is 12.5. The summed E-state index contributed by atoms with van der Waals surface area (Å²) in [6.45, 7) is 5.13. The topological polar surface area (TPSA) is 69.6 Å². The van der Waals surface area contributed by atoms with E-state index in [1.54, 1.807) is 0 Å². The van der Waals surface area contributed by atoms with Gasteiger partial charge in [-0.1, -0.05) is 17.7 Å². The minimum absolute atomic E-state index is 0.199. The van der Waals surface area contributed by atoms with E-state index < -0.39 is 12.0 Å². The van der Waals surface area contributed by atoms with Crippen LogP contribution >= 0.6 is 0 Å². The zero-order valence-corrected chi connectivity index (χ0v) is 11.1. The fourth-order valence-electron chi connectivity index (χ4n) is 2.29. The first-order valence-electron chi connectivity index (χ1n) is 6.32. The van der Waals surface area contributed by atoms with Crippen LogP contribution in [0.2, 0.25) is 0 Å². The first-order valence-corrected chi connectivity index (χ1v) is 6.32. The number of benzene rings is 1. The van der Waals surface area contributed by atoms with Crippen molar-refractivity contribution in [3.8, 4) is 0 Å². The highest BCUT2D eigenvalue weighted by molar-refractivity contribution is 5.98. The lowest BCUT2D eigenvalue weighted by molar-refractivity contribution is -0.142. The Balaban J connectivity index is 2.31. The first-order chi connectivity index (χ1) is 9.00. The monoisotopic (exact) mass is 262 g/mol. The van der Waals surface area contributed by atoms with Gasteiger partial charge in [0.05, 0.1) is 0 Å². The number of aliphatic carboxylic acids is 1. The van der Waals surface area contributed by atoms with Crippen molar-refractivity contribution in [2.45, 2.75) is 19.9 Å². The van der Waals surface area contributed by atoms with Gasteiger partial charge in [0.25, 0.3) is 5.91 Å². The summed E-state index contributed by atoms with van der Waals surface area (Å²) >= 11 is 0. The molecule has 2 N–H and O–H groups in total. The van der Waals surface area contributed by atoms with E-state index in [4.69, 9.17) is 0 Å². The largest absolute Gasteiger partial charge is 0.480 e. The van der Waals surface area contributed by atoms with Gasteiger partial charge in [-0.15, -0.1) is 0 Å². The molecule has 1 unspecified atom stereocenters. The first kappa shape index (κ1) is 13.5. The molecule has 102 valence electrons. The SMILES string of the molecule is Cc1ccc(C)c(C(=O)N2CCNCC2C(=O)O)c1. The number of carboxylic acid groups (broad SMARTS) is 1. The summed E-state index contributed by atoms with van der Waals surface area (Å²) in [6.07, 6.45) is 0. The second-order valence-corrected chi connectivity index (χ2v) is 4.88. The molecule has 2 rings (SSSR count). The van der Waals surface area contributed by atoms with Crippen molar-refractivity contribution in [1.82, 2.24) is 10.2 Å². The normalized spacial score (nSPS) is 19.3. The molecule has 0 saturated carbocycles. The Bertz CT molecular complexity index is 513. The fourth-order valence-corrected chi connectivity index (χ4v) is 2.29. The Morgan fingerprint density at radius 2 is 2.11 bits per heavy atom. The van der Waals surface area contributed by atoms with Crippen LogP contribution in [0.4, 0.5) is 0 Å². The molecule has 1 amide bonds. The summed E-state index contributed by atoms with van der Waals surface area (Å²) in [4.78, 5) is 25.2. The number of nitrogens with zero attached hydrogens (tertiary/aromatic N) is 1. The van der Waals surface area contributed by atoms with E-state index in [9.17, 15) is 14.7 Å². The number of carbonyl (C=O) groups is 2. The highest BCUT2D eigenvalue weighted by Gasteiger charge is 2.32. The molecule has 0 aromatic heterocycles. The minimum Gasteiger partial charge on any atom is -0.480 e. The summed E-state index contributed by atoms with van der Waals surface area (Å²) in [5, 5.41) is 12.2. The summed E-state index contributed by atoms with van der Waals surface area (Å²) in [7, 11) is 0. The van der Waals surface area contributed by atoms with E-state index in [1.165, 1.54) is 4.90 Å². The molecule has 0 bridgehead atoms. The third-order valence-electron chi connectivity index (χ3n) is 3.41. The van der Waals surface area contributed by atoms with Crippen molar-refractivity contribution >= 4 is 11.9 Å². The molecule has 0 aliphatic carbocycles. The van der Waals surface area contributed by atoms with Gasteiger partial charge >= 0.3 is 5.97 Å². The smallest absolute Gasteiger partial charge is 0.327 e. The van der Waals surface area contributed by atoms with E-state index in [-0.39, 0.29) is 5.91 Å². The molecule has 1 aliphatic rings. The predicted molar refractivity (Wildman–Crippen MR) is 71.2 cm³/mol. The molecule has 1 atom stereocenters. The van der Waals surface area contributed by atoms with Gasteiger partial charge in [0.2, 0.25) is 0 Å². The van der Waals surface area contributed by atoms with Gasteiger partial charge in [-0.3, -0.25) is 4.79 Å². The number of carboxylic acids is 1. The molecule has 0 radical (unpaired) electrons. The summed E-state index contributed by atoms with van der Waals surface area (Å²) in [5.74, 6) is -1.17. The van der Waals surface area contributed by atoms with Crippen molar-refractivity contribution in [3.05, 3.63) is 34.9 Å². The minimum atomic E-state index is -0.967. The van der Waals surface area contributed by atoms with E-state index >= 15 is 0 Å². The lowest BCUT2D eigenvalue weighted by Crippen LogP contribution is -2.57. The standard InChI is InChI=1S/C14H18N2O3/c1-9-3-4-10(2)11(7-9)13(17)16-6-5-15-8-12(16)14(18)19/h3-4,7,12,15H,5-6,8H2,1-2H3,(H,18,19). The Kier molecular flexibility index (Phi) is 3.85. The van der Waals surface area contributed by atoms with Crippen LogP contribution < -0.4 is 5.32 Å². The van der Waals surface area contributed by atoms with Gasteiger partial charge in [0.1, 0.15) is 6.04 Å². The lowest BCUT2D eigenvalue weighted by atomic mass is 10.0. The van der Waals surface area contributed by atoms with Crippen molar-refractivity contribution in [1.29, 1.82) is 0 Å². The molecule has 1 aliphatic heterocycles. The molecule has 0 spiro atoms. The van der Waals surface area contributed by atoms with E-state index in [0.29, 0.717) is 25.2 Å². The molecular formula is C14H18N2O3. The van der Waals surface area contributed by atoms with Gasteiger partial charge < -0.3 is 15.3 Å². The van der Waals surface area contributed by atoms with Crippen LogP contribution in [0.3, 0.4) is 0 Å².